The molecule has 1 aromatic heterocycles. The summed E-state index contributed by atoms with van der Waals surface area (Å²) in [6, 6.07) is 14.1. The third-order valence-corrected chi connectivity index (χ3v) is 8.22. The highest BCUT2D eigenvalue weighted by molar-refractivity contribution is 5.90. The second-order valence-corrected chi connectivity index (χ2v) is 9.55. The Hall–Kier alpha value is -2.88. The molecule has 3 aliphatic rings. The van der Waals surface area contributed by atoms with Gasteiger partial charge < -0.3 is 9.67 Å². The van der Waals surface area contributed by atoms with Gasteiger partial charge in [0.1, 0.15) is 18.4 Å². The summed E-state index contributed by atoms with van der Waals surface area (Å²) >= 11 is 0. The molecule has 4 nitrogen and oxygen atoms in total. The fraction of sp³-hybridized carbons (Fsp3) is 0.385. The van der Waals surface area contributed by atoms with Gasteiger partial charge in [0.2, 0.25) is 0 Å². The van der Waals surface area contributed by atoms with Crippen molar-refractivity contribution in [2.24, 2.45) is 17.3 Å². The molecule has 4 heteroatoms. The Morgan fingerprint density at radius 3 is 2.93 bits per heavy atom. The number of imidazole rings is 1. The van der Waals surface area contributed by atoms with E-state index in [0.29, 0.717) is 23.5 Å². The Morgan fingerprint density at radius 1 is 1.20 bits per heavy atom. The topological polar surface area (TPSA) is 55.1 Å². The van der Waals surface area contributed by atoms with Gasteiger partial charge in [-0.25, -0.2) is 4.98 Å². The Balaban J connectivity index is 1.44. The summed E-state index contributed by atoms with van der Waals surface area (Å²) in [5.74, 6) is 1.93. The Labute approximate surface area is 176 Å². The van der Waals surface area contributed by atoms with Crippen LogP contribution < -0.4 is 0 Å². The molecule has 0 spiro atoms. The number of carbonyl (C=O) groups excluding carboxylic acids is 1. The number of para-hydroxylation sites is 2. The molecule has 1 fully saturated rings. The van der Waals surface area contributed by atoms with E-state index in [1.54, 1.807) is 0 Å². The molecule has 3 aliphatic carbocycles. The van der Waals surface area contributed by atoms with E-state index in [1.165, 1.54) is 16.8 Å². The smallest absolute Gasteiger partial charge is 0.147 e. The first-order valence-electron chi connectivity index (χ1n) is 11.0. The number of phenols is 1. The SMILES string of the molecule is C[C@]12CCC3c4ccc(O)cc4CCC3C1CC(C=O)=C2n1cnc2ccccc21. The number of phenolic OH excluding ortho intramolecular Hbond substituents is 1. The minimum absolute atomic E-state index is 0.0185. The van der Waals surface area contributed by atoms with Gasteiger partial charge in [-0.1, -0.05) is 25.1 Å². The minimum Gasteiger partial charge on any atom is -0.508 e. The van der Waals surface area contributed by atoms with Gasteiger partial charge in [-0.3, -0.25) is 4.79 Å². The van der Waals surface area contributed by atoms with E-state index in [1.807, 2.05) is 36.7 Å². The van der Waals surface area contributed by atoms with Crippen LogP contribution in [0.1, 0.15) is 49.7 Å². The van der Waals surface area contributed by atoms with Crippen molar-refractivity contribution < 1.29 is 9.90 Å². The molecule has 1 N–H and O–H groups in total. The van der Waals surface area contributed by atoms with Crippen LogP contribution in [0.25, 0.3) is 16.7 Å². The van der Waals surface area contributed by atoms with E-state index in [-0.39, 0.29) is 5.41 Å². The highest BCUT2D eigenvalue weighted by Crippen LogP contribution is 2.63. The second kappa shape index (κ2) is 6.31. The van der Waals surface area contributed by atoms with Crippen LogP contribution in [0.15, 0.2) is 54.4 Å². The highest BCUT2D eigenvalue weighted by Gasteiger charge is 2.54. The number of aldehydes is 1. The van der Waals surface area contributed by atoms with Gasteiger partial charge in [0.25, 0.3) is 0 Å². The Morgan fingerprint density at radius 2 is 2.07 bits per heavy atom. The normalized spacial score (nSPS) is 30.1. The average molecular weight is 399 g/mol. The minimum atomic E-state index is -0.0185. The molecule has 3 aromatic rings. The summed E-state index contributed by atoms with van der Waals surface area (Å²) in [7, 11) is 0. The number of fused-ring (bicyclic) bond motifs is 6. The van der Waals surface area contributed by atoms with Crippen molar-refractivity contribution in [2.75, 3.05) is 0 Å². The number of nitrogens with zero attached hydrogens (tertiary/aromatic N) is 2. The number of aryl methyl sites for hydroxylation is 1. The maximum atomic E-state index is 12.2. The molecular formula is C26H26N2O2. The number of hydrogen-bond donors (Lipinski definition) is 1. The van der Waals surface area contributed by atoms with Gasteiger partial charge in [-0.15, -0.1) is 0 Å². The van der Waals surface area contributed by atoms with Crippen molar-refractivity contribution in [2.45, 2.75) is 44.9 Å². The molecule has 2 aromatic carbocycles. The number of carbonyl (C=O) groups is 1. The summed E-state index contributed by atoms with van der Waals surface area (Å²) in [4.78, 5) is 16.8. The predicted octanol–water partition coefficient (Wildman–Crippen LogP) is 5.32. The lowest BCUT2D eigenvalue weighted by Gasteiger charge is -2.50. The van der Waals surface area contributed by atoms with Crippen LogP contribution in [0, 0.1) is 17.3 Å². The lowest BCUT2D eigenvalue weighted by atomic mass is 9.55. The number of aromatic nitrogens is 2. The molecule has 30 heavy (non-hydrogen) atoms. The molecule has 0 aliphatic heterocycles. The number of aromatic hydroxyl groups is 1. The molecule has 0 saturated heterocycles. The van der Waals surface area contributed by atoms with E-state index in [4.69, 9.17) is 0 Å². The monoisotopic (exact) mass is 398 g/mol. The zero-order valence-electron chi connectivity index (χ0n) is 17.2. The van der Waals surface area contributed by atoms with E-state index >= 15 is 0 Å². The first-order valence-corrected chi connectivity index (χ1v) is 11.0. The first-order chi connectivity index (χ1) is 14.6. The Bertz CT molecular complexity index is 1210. The molecule has 0 radical (unpaired) electrons. The van der Waals surface area contributed by atoms with E-state index < -0.39 is 0 Å². The number of rotatable bonds is 2. The zero-order valence-corrected chi connectivity index (χ0v) is 17.2. The maximum Gasteiger partial charge on any atom is 0.147 e. The van der Waals surface area contributed by atoms with Crippen LogP contribution in [-0.4, -0.2) is 20.9 Å². The molecular weight excluding hydrogens is 372 g/mol. The first kappa shape index (κ1) is 17.9. The van der Waals surface area contributed by atoms with Crippen LogP contribution in [-0.2, 0) is 11.2 Å². The molecule has 0 bridgehead atoms. The molecule has 1 saturated carbocycles. The zero-order chi connectivity index (χ0) is 20.5. The van der Waals surface area contributed by atoms with E-state index in [0.717, 1.165) is 55.0 Å². The summed E-state index contributed by atoms with van der Waals surface area (Å²) in [6.45, 7) is 2.38. The van der Waals surface area contributed by atoms with Crippen LogP contribution in [0.4, 0.5) is 0 Å². The van der Waals surface area contributed by atoms with Gasteiger partial charge in [-0.05, 0) is 85.3 Å². The lowest BCUT2D eigenvalue weighted by Crippen LogP contribution is -2.41. The summed E-state index contributed by atoms with van der Waals surface area (Å²) in [5.41, 5.74) is 6.88. The van der Waals surface area contributed by atoms with Crippen molar-refractivity contribution in [1.82, 2.24) is 9.55 Å². The largest absolute Gasteiger partial charge is 0.508 e. The van der Waals surface area contributed by atoms with Crippen molar-refractivity contribution in [3.05, 3.63) is 65.5 Å². The van der Waals surface area contributed by atoms with Crippen molar-refractivity contribution >= 4 is 23.0 Å². The van der Waals surface area contributed by atoms with Crippen LogP contribution in [0.2, 0.25) is 0 Å². The summed E-state index contributed by atoms with van der Waals surface area (Å²) < 4.78 is 2.19. The van der Waals surface area contributed by atoms with Gasteiger partial charge in [0.05, 0.1) is 11.0 Å². The Kier molecular flexibility index (Phi) is 3.77. The molecule has 6 rings (SSSR count). The quantitative estimate of drug-likeness (QED) is 0.595. The molecule has 152 valence electrons. The van der Waals surface area contributed by atoms with Crippen molar-refractivity contribution in [3.63, 3.8) is 0 Å². The van der Waals surface area contributed by atoms with E-state index in [9.17, 15) is 9.90 Å². The van der Waals surface area contributed by atoms with Gasteiger partial charge >= 0.3 is 0 Å². The van der Waals surface area contributed by atoms with Gasteiger partial charge in [0, 0.05) is 16.7 Å². The molecule has 1 heterocycles. The fourth-order valence-electron chi connectivity index (χ4n) is 6.93. The fourth-order valence-corrected chi connectivity index (χ4v) is 6.93. The number of allylic oxidation sites excluding steroid dienone is 2. The van der Waals surface area contributed by atoms with Crippen molar-refractivity contribution in [3.8, 4) is 5.75 Å². The van der Waals surface area contributed by atoms with Crippen LogP contribution in [0.5, 0.6) is 5.75 Å². The van der Waals surface area contributed by atoms with Crippen molar-refractivity contribution in [1.29, 1.82) is 0 Å². The van der Waals surface area contributed by atoms with Gasteiger partial charge in [0.15, 0.2) is 0 Å². The third kappa shape index (κ3) is 2.33. The summed E-state index contributed by atoms with van der Waals surface area (Å²) in [5, 5.41) is 9.91. The maximum absolute atomic E-state index is 12.2. The van der Waals surface area contributed by atoms with Gasteiger partial charge in [-0.2, -0.15) is 0 Å². The highest BCUT2D eigenvalue weighted by atomic mass is 16.3. The predicted molar refractivity (Wildman–Crippen MR) is 117 cm³/mol. The molecule has 3 unspecified atom stereocenters. The molecule has 4 atom stereocenters. The lowest BCUT2D eigenvalue weighted by molar-refractivity contribution is -0.105. The number of benzene rings is 2. The van der Waals surface area contributed by atoms with Crippen LogP contribution >= 0.6 is 0 Å². The standard InChI is InChI=1S/C26H26N2O2/c1-26-11-10-20-19-9-7-18(30)12-16(19)6-8-21(20)22(26)13-17(14-29)25(26)28-15-27-23-4-2-3-5-24(23)28/h2-5,7,9,12,14-15,20-22,30H,6,8,10-11,13H2,1H3/t20?,21?,22?,26-/m0/s1. The number of hydrogen-bond acceptors (Lipinski definition) is 3. The average Bonchev–Trinajstić information content (AvgIpc) is 3.30. The van der Waals surface area contributed by atoms with Crippen LogP contribution in [0.3, 0.4) is 0 Å². The van der Waals surface area contributed by atoms with E-state index in [2.05, 4.69) is 28.6 Å². The molecule has 0 amide bonds. The third-order valence-electron chi connectivity index (χ3n) is 8.22. The summed E-state index contributed by atoms with van der Waals surface area (Å²) in [6.07, 6.45) is 8.19. The second-order valence-electron chi connectivity index (χ2n) is 9.55.